The largest absolute Gasteiger partial charge is 0.370 e. The minimum Gasteiger partial charge on any atom is -0.370 e. The summed E-state index contributed by atoms with van der Waals surface area (Å²) in [5.74, 6) is 0.482. The van der Waals surface area contributed by atoms with Crippen molar-refractivity contribution in [1.82, 2.24) is 0 Å². The number of benzene rings is 1. The molecule has 0 N–H and O–H groups in total. The Morgan fingerprint density at radius 3 is 2.63 bits per heavy atom. The standard InChI is InChI=1S/C17H22O2/c1-13(2)17-10-9-16(3,19-17)15(11-17)18-12-14-7-5-4-6-8-14/h4-10,13,15H,11-12H2,1-3H3. The average molecular weight is 258 g/mol. The maximum Gasteiger partial charge on any atom is 0.111 e. The quantitative estimate of drug-likeness (QED) is 0.766. The molecule has 0 aromatic heterocycles. The predicted octanol–water partition coefficient (Wildman–Crippen LogP) is 3.72. The third-order valence-corrected chi connectivity index (χ3v) is 4.52. The third-order valence-electron chi connectivity index (χ3n) is 4.52. The summed E-state index contributed by atoms with van der Waals surface area (Å²) in [6.07, 6.45) is 5.54. The zero-order chi connectivity index (χ0) is 13.5. The zero-order valence-electron chi connectivity index (χ0n) is 11.9. The Labute approximate surface area is 115 Å². The lowest BCUT2D eigenvalue weighted by Crippen LogP contribution is -2.35. The molecule has 1 saturated heterocycles. The number of hydrogen-bond acceptors (Lipinski definition) is 2. The molecule has 1 aromatic carbocycles. The molecule has 102 valence electrons. The van der Waals surface area contributed by atoms with Crippen LogP contribution in [0, 0.1) is 5.92 Å². The fourth-order valence-corrected chi connectivity index (χ4v) is 3.10. The van der Waals surface area contributed by atoms with Gasteiger partial charge in [0, 0.05) is 6.42 Å². The van der Waals surface area contributed by atoms with E-state index in [9.17, 15) is 0 Å². The van der Waals surface area contributed by atoms with Crippen molar-refractivity contribution in [3.05, 3.63) is 48.0 Å². The number of fused-ring (bicyclic) bond motifs is 2. The maximum atomic E-state index is 6.27. The van der Waals surface area contributed by atoms with Crippen LogP contribution in [0.2, 0.25) is 0 Å². The van der Waals surface area contributed by atoms with Gasteiger partial charge in [-0.1, -0.05) is 56.3 Å². The summed E-state index contributed by atoms with van der Waals surface area (Å²) < 4.78 is 12.4. The van der Waals surface area contributed by atoms with Gasteiger partial charge in [0.1, 0.15) is 5.60 Å². The first-order chi connectivity index (χ1) is 9.04. The lowest BCUT2D eigenvalue weighted by atomic mass is 9.81. The molecular formula is C17H22O2. The highest BCUT2D eigenvalue weighted by Gasteiger charge is 2.57. The molecule has 19 heavy (non-hydrogen) atoms. The molecule has 0 radical (unpaired) electrons. The van der Waals surface area contributed by atoms with Gasteiger partial charge < -0.3 is 9.47 Å². The van der Waals surface area contributed by atoms with Gasteiger partial charge >= 0.3 is 0 Å². The molecule has 1 fully saturated rings. The summed E-state index contributed by atoms with van der Waals surface area (Å²) in [7, 11) is 0. The maximum absolute atomic E-state index is 6.27. The van der Waals surface area contributed by atoms with Crippen LogP contribution >= 0.6 is 0 Å². The molecule has 2 aliphatic rings. The van der Waals surface area contributed by atoms with Gasteiger partial charge in [-0.05, 0) is 18.4 Å². The molecular weight excluding hydrogens is 236 g/mol. The Balaban J connectivity index is 1.69. The summed E-state index contributed by atoms with van der Waals surface area (Å²) in [5.41, 5.74) is 0.853. The first kappa shape index (κ1) is 12.9. The number of rotatable bonds is 4. The van der Waals surface area contributed by atoms with E-state index in [1.165, 1.54) is 5.56 Å². The van der Waals surface area contributed by atoms with Gasteiger partial charge in [0.15, 0.2) is 0 Å². The smallest absolute Gasteiger partial charge is 0.111 e. The van der Waals surface area contributed by atoms with Gasteiger partial charge in [-0.2, -0.15) is 0 Å². The highest BCUT2D eigenvalue weighted by molar-refractivity contribution is 5.27. The van der Waals surface area contributed by atoms with Crippen LogP contribution < -0.4 is 0 Å². The van der Waals surface area contributed by atoms with E-state index in [1.807, 2.05) is 18.2 Å². The summed E-state index contributed by atoms with van der Waals surface area (Å²) in [6.45, 7) is 7.23. The molecule has 2 heterocycles. The van der Waals surface area contributed by atoms with Gasteiger partial charge in [0.05, 0.1) is 18.3 Å². The van der Waals surface area contributed by atoms with Crippen molar-refractivity contribution in [1.29, 1.82) is 0 Å². The van der Waals surface area contributed by atoms with Gasteiger partial charge in [-0.25, -0.2) is 0 Å². The normalized spacial score (nSPS) is 36.3. The van der Waals surface area contributed by atoms with E-state index < -0.39 is 0 Å². The van der Waals surface area contributed by atoms with E-state index in [0.717, 1.165) is 6.42 Å². The van der Waals surface area contributed by atoms with Crippen LogP contribution in [0.4, 0.5) is 0 Å². The Kier molecular flexibility index (Phi) is 3.03. The van der Waals surface area contributed by atoms with Crippen molar-refractivity contribution >= 4 is 0 Å². The van der Waals surface area contributed by atoms with Crippen molar-refractivity contribution in [3.63, 3.8) is 0 Å². The summed E-state index contributed by atoms with van der Waals surface area (Å²) in [5, 5.41) is 0. The molecule has 1 aromatic rings. The molecule has 0 amide bonds. The lowest BCUT2D eigenvalue weighted by Gasteiger charge is -2.27. The third kappa shape index (κ3) is 2.13. The Morgan fingerprint density at radius 2 is 2.00 bits per heavy atom. The van der Waals surface area contributed by atoms with Crippen molar-refractivity contribution in [3.8, 4) is 0 Å². The van der Waals surface area contributed by atoms with Crippen molar-refractivity contribution in [2.75, 3.05) is 0 Å². The van der Waals surface area contributed by atoms with Gasteiger partial charge in [-0.15, -0.1) is 0 Å². The van der Waals surface area contributed by atoms with Crippen molar-refractivity contribution in [2.24, 2.45) is 5.92 Å². The van der Waals surface area contributed by atoms with Crippen molar-refractivity contribution in [2.45, 2.75) is 51.1 Å². The second-order valence-corrected chi connectivity index (χ2v) is 6.22. The molecule has 3 atom stereocenters. The average Bonchev–Trinajstić information content (AvgIpc) is 2.90. The molecule has 0 spiro atoms. The van der Waals surface area contributed by atoms with Crippen LogP contribution in [0.1, 0.15) is 32.8 Å². The second kappa shape index (κ2) is 4.46. The zero-order valence-corrected chi connectivity index (χ0v) is 11.9. The molecule has 2 heteroatoms. The molecule has 0 saturated carbocycles. The van der Waals surface area contributed by atoms with Gasteiger partial charge in [0.2, 0.25) is 0 Å². The predicted molar refractivity (Wildman–Crippen MR) is 75.8 cm³/mol. The van der Waals surface area contributed by atoms with Crippen molar-refractivity contribution < 1.29 is 9.47 Å². The van der Waals surface area contributed by atoms with E-state index >= 15 is 0 Å². The summed E-state index contributed by atoms with van der Waals surface area (Å²) >= 11 is 0. The topological polar surface area (TPSA) is 18.5 Å². The monoisotopic (exact) mass is 258 g/mol. The number of hydrogen-bond donors (Lipinski definition) is 0. The molecule has 3 unspecified atom stereocenters. The summed E-state index contributed by atoms with van der Waals surface area (Å²) in [6, 6.07) is 10.3. The van der Waals surface area contributed by atoms with Gasteiger partial charge in [-0.3, -0.25) is 0 Å². The number of ether oxygens (including phenoxy) is 2. The molecule has 2 bridgehead atoms. The minimum absolute atomic E-state index is 0.115. The van der Waals surface area contributed by atoms with E-state index in [0.29, 0.717) is 12.5 Å². The first-order valence-electron chi connectivity index (χ1n) is 7.10. The fraction of sp³-hybridized carbons (Fsp3) is 0.529. The van der Waals surface area contributed by atoms with E-state index in [-0.39, 0.29) is 17.3 Å². The SMILES string of the molecule is CC(C)C12C=CC(C)(O1)C(OCc1ccccc1)C2. The Hall–Kier alpha value is -1.12. The van der Waals surface area contributed by atoms with E-state index in [4.69, 9.17) is 9.47 Å². The second-order valence-electron chi connectivity index (χ2n) is 6.22. The molecule has 2 nitrogen and oxygen atoms in total. The molecule has 3 rings (SSSR count). The Bertz CT molecular complexity index is 479. The minimum atomic E-state index is -0.251. The lowest BCUT2D eigenvalue weighted by molar-refractivity contribution is -0.0820. The Morgan fingerprint density at radius 1 is 1.26 bits per heavy atom. The van der Waals surface area contributed by atoms with Crippen LogP contribution in [-0.4, -0.2) is 17.3 Å². The van der Waals surface area contributed by atoms with Crippen LogP contribution in [0.5, 0.6) is 0 Å². The first-order valence-corrected chi connectivity index (χ1v) is 7.10. The molecule has 0 aliphatic carbocycles. The van der Waals surface area contributed by atoms with Gasteiger partial charge in [0.25, 0.3) is 0 Å². The van der Waals surface area contributed by atoms with E-state index in [1.54, 1.807) is 0 Å². The fourth-order valence-electron chi connectivity index (χ4n) is 3.10. The highest BCUT2D eigenvalue weighted by atomic mass is 16.6. The van der Waals surface area contributed by atoms with Crippen LogP contribution in [-0.2, 0) is 16.1 Å². The highest BCUT2D eigenvalue weighted by Crippen LogP contribution is 2.50. The van der Waals surface area contributed by atoms with E-state index in [2.05, 4.69) is 45.1 Å². The van der Waals surface area contributed by atoms with Crippen LogP contribution in [0.25, 0.3) is 0 Å². The molecule has 2 aliphatic heterocycles. The van der Waals surface area contributed by atoms with Crippen LogP contribution in [0.15, 0.2) is 42.5 Å². The summed E-state index contributed by atoms with van der Waals surface area (Å²) in [4.78, 5) is 0. The van der Waals surface area contributed by atoms with Crippen LogP contribution in [0.3, 0.4) is 0 Å².